The first-order chi connectivity index (χ1) is 5.13. The molecule has 0 aromatic carbocycles. The fraction of sp³-hybridized carbons (Fsp3) is 0.455. The molecule has 0 aromatic heterocycles. The van der Waals surface area contributed by atoms with Crippen molar-refractivity contribution in [1.29, 1.82) is 0 Å². The summed E-state index contributed by atoms with van der Waals surface area (Å²) in [7, 11) is 0. The van der Waals surface area contributed by atoms with Crippen LogP contribution >= 0.6 is 0 Å². The van der Waals surface area contributed by atoms with Crippen LogP contribution in [0.3, 0.4) is 0 Å². The van der Waals surface area contributed by atoms with Crippen LogP contribution in [0, 0.1) is 5.92 Å². The Hall–Kier alpha value is -0.780. The molecule has 0 fully saturated rings. The second-order valence-electron chi connectivity index (χ2n) is 2.98. The molecule has 0 atom stereocenters. The summed E-state index contributed by atoms with van der Waals surface area (Å²) in [5.74, 6) is 0.587. The summed E-state index contributed by atoms with van der Waals surface area (Å²) in [6.45, 7) is 12.3. The van der Waals surface area contributed by atoms with Gasteiger partial charge < -0.3 is 0 Å². The van der Waals surface area contributed by atoms with Crippen molar-refractivity contribution in [3.63, 3.8) is 0 Å². The van der Waals surface area contributed by atoms with E-state index in [0.29, 0.717) is 5.92 Å². The maximum absolute atomic E-state index is 3.70. The van der Waals surface area contributed by atoms with Gasteiger partial charge in [-0.05, 0) is 25.3 Å². The molecular formula is C11H18. The van der Waals surface area contributed by atoms with E-state index in [1.807, 2.05) is 6.08 Å². The predicted octanol–water partition coefficient (Wildman–Crippen LogP) is 3.72. The fourth-order valence-electron chi connectivity index (χ4n) is 1.07. The monoisotopic (exact) mass is 150 g/mol. The maximum Gasteiger partial charge on any atom is -0.0216 e. The molecule has 62 valence electrons. The van der Waals surface area contributed by atoms with Gasteiger partial charge in [-0.3, -0.25) is 0 Å². The van der Waals surface area contributed by atoms with Gasteiger partial charge in [0.15, 0.2) is 0 Å². The molecule has 0 N–H and O–H groups in total. The average molecular weight is 150 g/mol. The third-order valence-electron chi connectivity index (χ3n) is 1.81. The second kappa shape index (κ2) is 4.95. The lowest BCUT2D eigenvalue weighted by Crippen LogP contribution is -1.94. The summed E-state index contributed by atoms with van der Waals surface area (Å²) < 4.78 is 0. The summed E-state index contributed by atoms with van der Waals surface area (Å²) in [5, 5.41) is 0. The minimum Gasteiger partial charge on any atom is -0.0991 e. The Labute approximate surface area is 70.3 Å². The van der Waals surface area contributed by atoms with E-state index in [-0.39, 0.29) is 0 Å². The zero-order valence-corrected chi connectivity index (χ0v) is 8.02. The number of rotatable bonds is 3. The van der Waals surface area contributed by atoms with Gasteiger partial charge >= 0.3 is 0 Å². The quantitative estimate of drug-likeness (QED) is 0.538. The molecule has 0 radical (unpaired) electrons. The first-order valence-corrected chi connectivity index (χ1v) is 4.09. The maximum atomic E-state index is 3.70. The van der Waals surface area contributed by atoms with E-state index in [0.717, 1.165) is 0 Å². The Morgan fingerprint density at radius 3 is 2.18 bits per heavy atom. The molecule has 0 heterocycles. The van der Waals surface area contributed by atoms with Gasteiger partial charge in [0.1, 0.15) is 0 Å². The van der Waals surface area contributed by atoms with Crippen LogP contribution in [-0.2, 0) is 0 Å². The van der Waals surface area contributed by atoms with Crippen molar-refractivity contribution < 1.29 is 0 Å². The van der Waals surface area contributed by atoms with Crippen molar-refractivity contribution in [3.8, 4) is 0 Å². The average Bonchev–Trinajstić information content (AvgIpc) is 1.98. The molecule has 0 bridgehead atoms. The van der Waals surface area contributed by atoms with Gasteiger partial charge in [-0.15, -0.1) is 0 Å². The SMILES string of the molecule is C=C/C=C(\C(C)=C/C)C(C)C. The van der Waals surface area contributed by atoms with Gasteiger partial charge in [0.25, 0.3) is 0 Å². The Morgan fingerprint density at radius 2 is 1.91 bits per heavy atom. The van der Waals surface area contributed by atoms with E-state index in [2.05, 4.69) is 46.4 Å². The highest BCUT2D eigenvalue weighted by molar-refractivity contribution is 5.32. The molecule has 0 aromatic rings. The molecule has 0 saturated carbocycles. The summed E-state index contributed by atoms with van der Waals surface area (Å²) >= 11 is 0. The van der Waals surface area contributed by atoms with Crippen LogP contribution in [0.15, 0.2) is 36.0 Å². The summed E-state index contributed by atoms with van der Waals surface area (Å²) in [4.78, 5) is 0. The topological polar surface area (TPSA) is 0 Å². The Morgan fingerprint density at radius 1 is 1.36 bits per heavy atom. The minimum atomic E-state index is 0.587. The highest BCUT2D eigenvalue weighted by atomic mass is 14.1. The van der Waals surface area contributed by atoms with Gasteiger partial charge in [0.05, 0.1) is 0 Å². The first-order valence-electron chi connectivity index (χ1n) is 4.09. The standard InChI is InChI=1S/C11H18/c1-6-8-11(9(3)4)10(5)7-2/h6-9H,1H2,2-5H3/b10-7-,11-8-. The Kier molecular flexibility index (Phi) is 4.60. The van der Waals surface area contributed by atoms with Crippen molar-refractivity contribution in [1.82, 2.24) is 0 Å². The predicted molar refractivity (Wildman–Crippen MR) is 52.5 cm³/mol. The van der Waals surface area contributed by atoms with Crippen molar-refractivity contribution in [2.24, 2.45) is 5.92 Å². The van der Waals surface area contributed by atoms with Crippen LogP contribution in [0.25, 0.3) is 0 Å². The molecule has 0 spiro atoms. The zero-order chi connectivity index (χ0) is 8.85. The third-order valence-corrected chi connectivity index (χ3v) is 1.81. The van der Waals surface area contributed by atoms with Crippen molar-refractivity contribution >= 4 is 0 Å². The number of hydrogen-bond acceptors (Lipinski definition) is 0. The molecular weight excluding hydrogens is 132 g/mol. The highest BCUT2D eigenvalue weighted by Gasteiger charge is 2.02. The molecule has 0 aliphatic rings. The molecule has 0 aliphatic heterocycles. The van der Waals surface area contributed by atoms with Crippen LogP contribution in [0.1, 0.15) is 27.7 Å². The second-order valence-corrected chi connectivity index (χ2v) is 2.98. The van der Waals surface area contributed by atoms with Gasteiger partial charge in [-0.25, -0.2) is 0 Å². The lowest BCUT2D eigenvalue weighted by atomic mass is 9.96. The van der Waals surface area contributed by atoms with Crippen molar-refractivity contribution in [2.75, 3.05) is 0 Å². The lowest BCUT2D eigenvalue weighted by Gasteiger charge is -2.10. The van der Waals surface area contributed by atoms with E-state index >= 15 is 0 Å². The van der Waals surface area contributed by atoms with Crippen LogP contribution in [0.4, 0.5) is 0 Å². The van der Waals surface area contributed by atoms with Crippen LogP contribution in [0.2, 0.25) is 0 Å². The van der Waals surface area contributed by atoms with Crippen molar-refractivity contribution in [3.05, 3.63) is 36.0 Å². The van der Waals surface area contributed by atoms with E-state index in [9.17, 15) is 0 Å². The number of allylic oxidation sites excluding steroid dienone is 5. The number of hydrogen-bond donors (Lipinski definition) is 0. The summed E-state index contributed by atoms with van der Waals surface area (Å²) in [6, 6.07) is 0. The minimum absolute atomic E-state index is 0.587. The summed E-state index contributed by atoms with van der Waals surface area (Å²) in [6.07, 6.45) is 6.07. The smallest absolute Gasteiger partial charge is 0.0216 e. The molecule has 11 heavy (non-hydrogen) atoms. The van der Waals surface area contributed by atoms with Crippen LogP contribution in [0.5, 0.6) is 0 Å². The zero-order valence-electron chi connectivity index (χ0n) is 8.02. The van der Waals surface area contributed by atoms with Crippen LogP contribution in [-0.4, -0.2) is 0 Å². The van der Waals surface area contributed by atoms with Crippen LogP contribution < -0.4 is 0 Å². The largest absolute Gasteiger partial charge is 0.0991 e. The molecule has 0 amide bonds. The van der Waals surface area contributed by atoms with E-state index in [4.69, 9.17) is 0 Å². The molecule has 0 unspecified atom stereocenters. The molecule has 0 nitrogen and oxygen atoms in total. The van der Waals surface area contributed by atoms with Gasteiger partial charge in [-0.2, -0.15) is 0 Å². The normalized spacial score (nSPS) is 13.9. The summed E-state index contributed by atoms with van der Waals surface area (Å²) in [5.41, 5.74) is 2.72. The molecule has 0 rings (SSSR count). The van der Waals surface area contributed by atoms with E-state index in [1.165, 1.54) is 11.1 Å². The van der Waals surface area contributed by atoms with Gasteiger partial charge in [0.2, 0.25) is 0 Å². The van der Waals surface area contributed by atoms with Gasteiger partial charge in [0, 0.05) is 0 Å². The van der Waals surface area contributed by atoms with Gasteiger partial charge in [-0.1, -0.05) is 44.2 Å². The first kappa shape index (κ1) is 10.2. The van der Waals surface area contributed by atoms with E-state index < -0.39 is 0 Å². The molecule has 0 saturated heterocycles. The van der Waals surface area contributed by atoms with Crippen molar-refractivity contribution in [2.45, 2.75) is 27.7 Å². The third kappa shape index (κ3) is 3.22. The molecule has 0 heteroatoms. The fourth-order valence-corrected chi connectivity index (χ4v) is 1.07. The lowest BCUT2D eigenvalue weighted by molar-refractivity contribution is 0.777. The van der Waals surface area contributed by atoms with E-state index in [1.54, 1.807) is 0 Å². The molecule has 0 aliphatic carbocycles. The Balaban J connectivity index is 4.61. The highest BCUT2D eigenvalue weighted by Crippen LogP contribution is 2.18. The Bertz CT molecular complexity index is 180.